The number of carbonyl (C=O) groups is 1. The minimum absolute atomic E-state index is 0.0844. The predicted molar refractivity (Wildman–Crippen MR) is 54.2 cm³/mol. The van der Waals surface area contributed by atoms with Crippen LogP contribution in [0.15, 0.2) is 0 Å². The van der Waals surface area contributed by atoms with Crippen molar-refractivity contribution in [2.45, 2.75) is 38.6 Å². The highest BCUT2D eigenvalue weighted by Crippen LogP contribution is 1.97. The van der Waals surface area contributed by atoms with E-state index in [1.54, 1.807) is 0 Å². The zero-order chi connectivity index (χ0) is 10.8. The topological polar surface area (TPSA) is 81.1 Å². The summed E-state index contributed by atoms with van der Waals surface area (Å²) in [5.41, 5.74) is 7.61. The number of hydrogen-bond donors (Lipinski definition) is 3. The van der Waals surface area contributed by atoms with E-state index in [2.05, 4.69) is 11.0 Å². The molecule has 0 saturated heterocycles. The van der Waals surface area contributed by atoms with E-state index in [1.165, 1.54) is 0 Å². The van der Waals surface area contributed by atoms with Crippen molar-refractivity contribution in [2.75, 3.05) is 13.1 Å². The third-order valence-electron chi connectivity index (χ3n) is 1.81. The molecule has 5 N–H and O–H groups in total. The molecule has 0 fully saturated rings. The first-order valence-corrected chi connectivity index (χ1v) is 4.91. The van der Waals surface area contributed by atoms with Gasteiger partial charge >= 0.3 is 0 Å². The lowest BCUT2D eigenvalue weighted by Crippen LogP contribution is -2.40. The van der Waals surface area contributed by atoms with E-state index in [0.29, 0.717) is 19.5 Å². The highest BCUT2D eigenvalue weighted by atomic mass is 16.2. The number of nitrogens with two attached hydrogens (primary N) is 2. The fourth-order valence-electron chi connectivity index (χ4n) is 0.995. The monoisotopic (exact) mass is 188 g/mol. The third-order valence-corrected chi connectivity index (χ3v) is 1.81. The van der Waals surface area contributed by atoms with Gasteiger partial charge in [0, 0.05) is 6.54 Å². The summed E-state index contributed by atoms with van der Waals surface area (Å²) >= 11 is 0. The fourth-order valence-corrected chi connectivity index (χ4v) is 0.995. The van der Waals surface area contributed by atoms with Crippen LogP contribution in [0.25, 0.3) is 0 Å². The molecule has 0 radical (unpaired) electrons. The SMILES string of the molecule is [2H]N[C@@H](CCCCN)C(=O)NCCC. The maximum Gasteiger partial charge on any atom is 0.236 e. The van der Waals surface area contributed by atoms with Crippen LogP contribution in [0.3, 0.4) is 0 Å². The Labute approximate surface area is 81.5 Å². The molecule has 13 heavy (non-hydrogen) atoms. The molecule has 0 aliphatic heterocycles. The zero-order valence-corrected chi connectivity index (χ0v) is 8.31. The van der Waals surface area contributed by atoms with E-state index in [0.717, 1.165) is 19.3 Å². The molecule has 0 aromatic rings. The van der Waals surface area contributed by atoms with E-state index in [-0.39, 0.29) is 5.91 Å². The molecule has 0 aromatic carbocycles. The maximum atomic E-state index is 11.4. The van der Waals surface area contributed by atoms with Gasteiger partial charge in [0.1, 0.15) is 1.41 Å². The second kappa shape index (κ2) is 8.01. The first-order chi connectivity index (χ1) is 6.76. The summed E-state index contributed by atoms with van der Waals surface area (Å²) < 4.78 is 7.02. The van der Waals surface area contributed by atoms with E-state index in [4.69, 9.17) is 7.15 Å². The Morgan fingerprint density at radius 1 is 1.62 bits per heavy atom. The first-order valence-electron chi connectivity index (χ1n) is 5.41. The van der Waals surface area contributed by atoms with Crippen LogP contribution >= 0.6 is 0 Å². The molecule has 0 bridgehead atoms. The average Bonchev–Trinajstić information content (AvgIpc) is 2.21. The number of amides is 1. The molecule has 4 heteroatoms. The van der Waals surface area contributed by atoms with Gasteiger partial charge in [-0.25, -0.2) is 0 Å². The quantitative estimate of drug-likeness (QED) is 0.468. The molecule has 0 unspecified atom stereocenters. The van der Waals surface area contributed by atoms with Crippen LogP contribution < -0.4 is 16.8 Å². The van der Waals surface area contributed by atoms with Gasteiger partial charge in [0.2, 0.25) is 5.91 Å². The smallest absolute Gasteiger partial charge is 0.236 e. The lowest BCUT2D eigenvalue weighted by Gasteiger charge is -2.10. The molecule has 78 valence electrons. The molecular weight excluding hydrogens is 166 g/mol. The second-order valence-electron chi connectivity index (χ2n) is 3.13. The van der Waals surface area contributed by atoms with Crippen molar-refractivity contribution in [1.82, 2.24) is 5.32 Å². The van der Waals surface area contributed by atoms with Gasteiger partial charge in [-0.2, -0.15) is 0 Å². The number of hydrogen-bond acceptors (Lipinski definition) is 3. The number of nitrogens with one attached hydrogen (secondary N) is 1. The Balaban J connectivity index is 3.69. The van der Waals surface area contributed by atoms with Crippen molar-refractivity contribution in [3.05, 3.63) is 0 Å². The summed E-state index contributed by atoms with van der Waals surface area (Å²) in [6.45, 7) is 3.31. The lowest BCUT2D eigenvalue weighted by molar-refractivity contribution is -0.122. The molecule has 0 aliphatic carbocycles. The number of carbonyl (C=O) groups excluding carboxylic acids is 1. The van der Waals surface area contributed by atoms with Crippen LogP contribution in [0, 0.1) is 0 Å². The predicted octanol–water partition coefficient (Wildman–Crippen LogP) is -0.0311. The average molecular weight is 188 g/mol. The minimum atomic E-state index is -0.395. The van der Waals surface area contributed by atoms with Gasteiger partial charge in [0.15, 0.2) is 0 Å². The van der Waals surface area contributed by atoms with Gasteiger partial charge in [-0.1, -0.05) is 13.3 Å². The summed E-state index contributed by atoms with van der Waals surface area (Å²) in [5.74, 6) is -0.0844. The van der Waals surface area contributed by atoms with Crippen LogP contribution in [0.2, 0.25) is 1.41 Å². The minimum Gasteiger partial charge on any atom is -0.355 e. The molecule has 0 saturated carbocycles. The lowest BCUT2D eigenvalue weighted by atomic mass is 10.1. The largest absolute Gasteiger partial charge is 0.355 e. The van der Waals surface area contributed by atoms with Crippen LogP contribution in [-0.2, 0) is 4.79 Å². The molecule has 0 aliphatic rings. The van der Waals surface area contributed by atoms with Crippen molar-refractivity contribution in [3.8, 4) is 0 Å². The summed E-state index contributed by atoms with van der Waals surface area (Å²) in [5, 5.41) is 2.76. The van der Waals surface area contributed by atoms with Crippen LogP contribution in [0.4, 0.5) is 0 Å². The standard InChI is InChI=1S/C9H21N3O/c1-2-7-12-9(13)8(11)5-3-4-6-10/h8H,2-7,10-11H2,1H3,(H,12,13)/t8-/m0/s1/i/hD. The molecule has 0 aromatic heterocycles. The molecule has 1 atom stereocenters. The van der Waals surface area contributed by atoms with Crippen molar-refractivity contribution in [3.63, 3.8) is 0 Å². The Bertz CT molecular complexity index is 155. The van der Waals surface area contributed by atoms with Gasteiger partial charge in [0.25, 0.3) is 0 Å². The van der Waals surface area contributed by atoms with Crippen LogP contribution in [0.1, 0.15) is 32.6 Å². The van der Waals surface area contributed by atoms with Gasteiger partial charge in [-0.3, -0.25) is 4.79 Å². The zero-order valence-electron chi connectivity index (χ0n) is 9.31. The highest BCUT2D eigenvalue weighted by molar-refractivity contribution is 5.81. The molecule has 1 amide bonds. The molecule has 0 rings (SSSR count). The van der Waals surface area contributed by atoms with Crippen LogP contribution in [0.5, 0.6) is 0 Å². The highest BCUT2D eigenvalue weighted by Gasteiger charge is 2.10. The Kier molecular flexibility index (Phi) is 6.45. The van der Waals surface area contributed by atoms with Gasteiger partial charge in [-0.15, -0.1) is 0 Å². The summed E-state index contributed by atoms with van der Waals surface area (Å²) in [6.07, 6.45) is 3.38. The summed E-state index contributed by atoms with van der Waals surface area (Å²) in [6, 6.07) is -0.395. The van der Waals surface area contributed by atoms with E-state index in [1.807, 2.05) is 6.92 Å². The van der Waals surface area contributed by atoms with Crippen molar-refractivity contribution in [2.24, 2.45) is 11.5 Å². The first kappa shape index (κ1) is 10.5. The van der Waals surface area contributed by atoms with Crippen molar-refractivity contribution in [1.29, 1.82) is 0 Å². The van der Waals surface area contributed by atoms with E-state index < -0.39 is 6.04 Å². The fraction of sp³-hybridized carbons (Fsp3) is 0.889. The molecular formula is C9H21N3O. The Morgan fingerprint density at radius 3 is 2.92 bits per heavy atom. The number of rotatable bonds is 8. The Hall–Kier alpha value is -0.610. The molecule has 0 heterocycles. The number of unbranched alkanes of at least 4 members (excludes halogenated alkanes) is 1. The molecule has 0 spiro atoms. The van der Waals surface area contributed by atoms with Crippen molar-refractivity contribution >= 4 is 5.91 Å². The molecule has 4 nitrogen and oxygen atoms in total. The van der Waals surface area contributed by atoms with Crippen molar-refractivity contribution < 1.29 is 6.21 Å². The summed E-state index contributed by atoms with van der Waals surface area (Å²) in [7, 11) is 0. The summed E-state index contributed by atoms with van der Waals surface area (Å²) in [4.78, 5) is 11.4. The Morgan fingerprint density at radius 2 is 2.38 bits per heavy atom. The van der Waals surface area contributed by atoms with Gasteiger partial charge in [0.05, 0.1) is 6.04 Å². The van der Waals surface area contributed by atoms with E-state index in [9.17, 15) is 4.79 Å². The maximum absolute atomic E-state index is 11.4. The second-order valence-corrected chi connectivity index (χ2v) is 3.13. The van der Waals surface area contributed by atoms with Gasteiger partial charge < -0.3 is 16.8 Å². The van der Waals surface area contributed by atoms with Crippen LogP contribution in [-0.4, -0.2) is 25.0 Å². The van der Waals surface area contributed by atoms with Gasteiger partial charge in [-0.05, 0) is 25.8 Å². The normalized spacial score (nSPS) is 13.5. The van der Waals surface area contributed by atoms with E-state index >= 15 is 0 Å². The third kappa shape index (κ3) is 6.54.